The van der Waals surface area contributed by atoms with Crippen LogP contribution in [0.2, 0.25) is 0 Å². The number of hydrogen-bond acceptors (Lipinski definition) is 3. The van der Waals surface area contributed by atoms with Crippen LogP contribution in [0, 0.1) is 17.6 Å². The molecule has 3 atom stereocenters. The zero-order chi connectivity index (χ0) is 15.6. The Morgan fingerprint density at radius 3 is 2.57 bits per heavy atom. The SMILES string of the molecule is CCN(C(C)c1c(F)cccc1F)C1COCC1C(=O)O. The number of likely N-dealkylation sites (N-methyl/N-ethyl adjacent to an activating group) is 1. The molecule has 1 saturated heterocycles. The van der Waals surface area contributed by atoms with Crippen molar-refractivity contribution in [3.8, 4) is 0 Å². The molecule has 4 nitrogen and oxygen atoms in total. The highest BCUT2D eigenvalue weighted by atomic mass is 19.1. The third-order valence-corrected chi connectivity index (χ3v) is 4.07. The van der Waals surface area contributed by atoms with Gasteiger partial charge in [-0.15, -0.1) is 0 Å². The minimum atomic E-state index is -0.947. The van der Waals surface area contributed by atoms with Crippen molar-refractivity contribution in [2.24, 2.45) is 5.92 Å². The van der Waals surface area contributed by atoms with Crippen LogP contribution in [0.15, 0.2) is 18.2 Å². The van der Waals surface area contributed by atoms with Crippen LogP contribution in [-0.2, 0) is 9.53 Å². The van der Waals surface area contributed by atoms with Crippen molar-refractivity contribution in [1.82, 2.24) is 4.90 Å². The lowest BCUT2D eigenvalue weighted by Crippen LogP contribution is -2.44. The van der Waals surface area contributed by atoms with E-state index in [4.69, 9.17) is 4.74 Å². The summed E-state index contributed by atoms with van der Waals surface area (Å²) in [5, 5.41) is 9.23. The molecule has 1 aromatic carbocycles. The predicted octanol–water partition coefficient (Wildman–Crippen LogP) is 2.45. The van der Waals surface area contributed by atoms with Crippen molar-refractivity contribution in [2.45, 2.75) is 25.9 Å². The molecule has 0 aliphatic carbocycles. The molecule has 0 aromatic heterocycles. The van der Waals surface area contributed by atoms with Gasteiger partial charge in [-0.05, 0) is 25.6 Å². The molecule has 1 fully saturated rings. The van der Waals surface area contributed by atoms with Crippen molar-refractivity contribution in [3.63, 3.8) is 0 Å². The summed E-state index contributed by atoms with van der Waals surface area (Å²) in [5.74, 6) is -2.86. The molecule has 1 heterocycles. The molecule has 21 heavy (non-hydrogen) atoms. The minimum Gasteiger partial charge on any atom is -0.481 e. The first-order chi connectivity index (χ1) is 9.97. The number of rotatable bonds is 5. The summed E-state index contributed by atoms with van der Waals surface area (Å²) < 4.78 is 33.1. The number of carboxylic acids is 1. The summed E-state index contributed by atoms with van der Waals surface area (Å²) in [6, 6.07) is 2.78. The molecular formula is C15H19F2NO3. The highest BCUT2D eigenvalue weighted by Gasteiger charge is 2.40. The van der Waals surface area contributed by atoms with Crippen molar-refractivity contribution >= 4 is 5.97 Å². The number of carboxylic acid groups (broad SMARTS) is 1. The average molecular weight is 299 g/mol. The van der Waals surface area contributed by atoms with E-state index in [0.29, 0.717) is 6.54 Å². The second kappa shape index (κ2) is 6.49. The predicted molar refractivity (Wildman–Crippen MR) is 72.9 cm³/mol. The Bertz CT molecular complexity index is 503. The fourth-order valence-corrected chi connectivity index (χ4v) is 2.98. The second-order valence-electron chi connectivity index (χ2n) is 5.19. The smallest absolute Gasteiger partial charge is 0.310 e. The Kier molecular flexibility index (Phi) is 4.90. The number of halogens is 2. The maximum Gasteiger partial charge on any atom is 0.310 e. The standard InChI is InChI=1S/C15H19F2NO3/c1-3-18(13-8-21-7-10(13)15(19)20)9(2)14-11(16)5-4-6-12(14)17/h4-6,9-10,13H,3,7-8H2,1-2H3,(H,19,20). The first-order valence-corrected chi connectivity index (χ1v) is 6.97. The van der Waals surface area contributed by atoms with Gasteiger partial charge in [-0.3, -0.25) is 9.69 Å². The minimum absolute atomic E-state index is 0.0320. The largest absolute Gasteiger partial charge is 0.481 e. The Morgan fingerprint density at radius 2 is 2.05 bits per heavy atom. The Hall–Kier alpha value is -1.53. The maximum absolute atomic E-state index is 13.9. The number of ether oxygens (including phenoxy) is 1. The van der Waals surface area contributed by atoms with E-state index in [9.17, 15) is 18.7 Å². The molecule has 0 saturated carbocycles. The summed E-state index contributed by atoms with van der Waals surface area (Å²) in [4.78, 5) is 13.1. The number of nitrogens with zero attached hydrogens (tertiary/aromatic N) is 1. The average Bonchev–Trinajstić information content (AvgIpc) is 2.88. The first-order valence-electron chi connectivity index (χ1n) is 6.97. The van der Waals surface area contributed by atoms with E-state index in [1.54, 1.807) is 11.8 Å². The number of aliphatic carboxylic acids is 1. The van der Waals surface area contributed by atoms with Gasteiger partial charge in [0.1, 0.15) is 11.6 Å². The monoisotopic (exact) mass is 299 g/mol. The van der Waals surface area contributed by atoms with Crippen LogP contribution >= 0.6 is 0 Å². The van der Waals surface area contributed by atoms with Gasteiger partial charge < -0.3 is 9.84 Å². The molecule has 0 radical (unpaired) electrons. The van der Waals surface area contributed by atoms with Gasteiger partial charge in [0.25, 0.3) is 0 Å². The summed E-state index contributed by atoms with van der Waals surface area (Å²) >= 11 is 0. The topological polar surface area (TPSA) is 49.8 Å². The van der Waals surface area contributed by atoms with Gasteiger partial charge in [-0.25, -0.2) is 8.78 Å². The van der Waals surface area contributed by atoms with Gasteiger partial charge in [-0.2, -0.15) is 0 Å². The van der Waals surface area contributed by atoms with E-state index >= 15 is 0 Å². The van der Waals surface area contributed by atoms with E-state index in [-0.39, 0.29) is 24.8 Å². The van der Waals surface area contributed by atoms with Gasteiger partial charge in [-0.1, -0.05) is 13.0 Å². The summed E-state index contributed by atoms with van der Waals surface area (Å²) in [6.45, 7) is 4.38. The van der Waals surface area contributed by atoms with Gasteiger partial charge >= 0.3 is 5.97 Å². The molecule has 6 heteroatoms. The van der Waals surface area contributed by atoms with Crippen LogP contribution in [-0.4, -0.2) is 41.8 Å². The van der Waals surface area contributed by atoms with Gasteiger partial charge in [0, 0.05) is 17.6 Å². The van der Waals surface area contributed by atoms with Gasteiger partial charge in [0.05, 0.1) is 19.1 Å². The van der Waals surface area contributed by atoms with E-state index in [1.807, 2.05) is 6.92 Å². The molecule has 2 rings (SSSR count). The highest BCUT2D eigenvalue weighted by Crippen LogP contribution is 2.31. The molecule has 1 aromatic rings. The first kappa shape index (κ1) is 15.9. The van der Waals surface area contributed by atoms with Gasteiger partial charge in [0.2, 0.25) is 0 Å². The van der Waals surface area contributed by atoms with Crippen molar-refractivity contribution in [2.75, 3.05) is 19.8 Å². The van der Waals surface area contributed by atoms with Gasteiger partial charge in [0.15, 0.2) is 0 Å². The lowest BCUT2D eigenvalue weighted by molar-refractivity contribution is -0.143. The number of hydrogen-bond donors (Lipinski definition) is 1. The molecule has 1 aliphatic heterocycles. The van der Waals surface area contributed by atoms with Crippen molar-refractivity contribution in [1.29, 1.82) is 0 Å². The quantitative estimate of drug-likeness (QED) is 0.907. The molecule has 0 spiro atoms. The summed E-state index contributed by atoms with van der Waals surface area (Å²) in [6.07, 6.45) is 0. The number of benzene rings is 1. The highest BCUT2D eigenvalue weighted by molar-refractivity contribution is 5.71. The fraction of sp³-hybridized carbons (Fsp3) is 0.533. The molecule has 3 unspecified atom stereocenters. The maximum atomic E-state index is 13.9. The van der Waals surface area contributed by atoms with Crippen LogP contribution in [0.5, 0.6) is 0 Å². The summed E-state index contributed by atoms with van der Waals surface area (Å²) in [7, 11) is 0. The second-order valence-corrected chi connectivity index (χ2v) is 5.19. The van der Waals surface area contributed by atoms with E-state index in [2.05, 4.69) is 0 Å². The zero-order valence-electron chi connectivity index (χ0n) is 12.1. The Balaban J connectivity index is 2.30. The molecule has 0 amide bonds. The Morgan fingerprint density at radius 1 is 1.43 bits per heavy atom. The Labute approximate surface area is 122 Å². The lowest BCUT2D eigenvalue weighted by Gasteiger charge is -2.35. The molecule has 0 bridgehead atoms. The molecule has 1 aliphatic rings. The van der Waals surface area contributed by atoms with E-state index in [1.165, 1.54) is 18.2 Å². The van der Waals surface area contributed by atoms with Crippen LogP contribution in [0.4, 0.5) is 8.78 Å². The van der Waals surface area contributed by atoms with E-state index in [0.717, 1.165) is 0 Å². The molecule has 1 N–H and O–H groups in total. The third kappa shape index (κ3) is 3.06. The molecule has 116 valence electrons. The van der Waals surface area contributed by atoms with Crippen LogP contribution in [0.3, 0.4) is 0 Å². The van der Waals surface area contributed by atoms with Crippen LogP contribution in [0.25, 0.3) is 0 Å². The van der Waals surface area contributed by atoms with Crippen molar-refractivity contribution < 1.29 is 23.4 Å². The van der Waals surface area contributed by atoms with Crippen LogP contribution < -0.4 is 0 Å². The zero-order valence-corrected chi connectivity index (χ0v) is 12.1. The van der Waals surface area contributed by atoms with Crippen molar-refractivity contribution in [3.05, 3.63) is 35.4 Å². The number of carbonyl (C=O) groups is 1. The fourth-order valence-electron chi connectivity index (χ4n) is 2.98. The third-order valence-electron chi connectivity index (χ3n) is 4.07. The normalized spacial score (nSPS) is 23.5. The summed E-state index contributed by atoms with van der Waals surface area (Å²) in [5.41, 5.74) is -0.0320. The lowest BCUT2D eigenvalue weighted by atomic mass is 9.97. The molecular weight excluding hydrogens is 280 g/mol. The van der Waals surface area contributed by atoms with Crippen LogP contribution in [0.1, 0.15) is 25.5 Å². The van der Waals surface area contributed by atoms with E-state index < -0.39 is 29.6 Å².